The fourth-order valence-electron chi connectivity index (χ4n) is 2.91. The summed E-state index contributed by atoms with van der Waals surface area (Å²) in [6.07, 6.45) is 4.83. The van der Waals surface area contributed by atoms with E-state index in [2.05, 4.69) is 5.32 Å². The highest BCUT2D eigenvalue weighted by Gasteiger charge is 2.37. The van der Waals surface area contributed by atoms with Gasteiger partial charge in [0.15, 0.2) is 0 Å². The molecule has 0 radical (unpaired) electrons. The molecule has 2 aliphatic rings. The molecule has 0 aromatic heterocycles. The topological polar surface area (TPSA) is 49.4 Å². The number of likely N-dealkylation sites (N-methyl/N-ethyl adjacent to an activating group) is 1. The van der Waals surface area contributed by atoms with E-state index in [4.69, 9.17) is 0 Å². The molecule has 1 heterocycles. The van der Waals surface area contributed by atoms with Crippen molar-refractivity contribution in [2.24, 2.45) is 0 Å². The molecule has 0 amide bonds. The van der Waals surface area contributed by atoms with E-state index in [1.165, 1.54) is 0 Å². The summed E-state index contributed by atoms with van der Waals surface area (Å²) in [5.41, 5.74) is 0. The average Bonchev–Trinajstić information content (AvgIpc) is 2.91. The van der Waals surface area contributed by atoms with Crippen LogP contribution in [0.2, 0.25) is 0 Å². The predicted molar refractivity (Wildman–Crippen MR) is 64.8 cm³/mol. The number of sulfonamides is 1. The van der Waals surface area contributed by atoms with Crippen molar-refractivity contribution in [2.45, 2.75) is 50.3 Å². The number of nitrogens with zero attached hydrogens (tertiary/aromatic N) is 1. The maximum absolute atomic E-state index is 12.4. The summed E-state index contributed by atoms with van der Waals surface area (Å²) in [6.45, 7) is 4.33. The van der Waals surface area contributed by atoms with Gasteiger partial charge in [-0.15, -0.1) is 0 Å². The standard InChI is InChI=1S/C11H22N2O2S/c1-2-13(10-7-8-12-9-10)16(14,15)11-5-3-4-6-11/h10-12H,2-9H2,1H3. The summed E-state index contributed by atoms with van der Waals surface area (Å²) >= 11 is 0. The summed E-state index contributed by atoms with van der Waals surface area (Å²) in [7, 11) is -3.04. The van der Waals surface area contributed by atoms with E-state index in [-0.39, 0.29) is 11.3 Å². The van der Waals surface area contributed by atoms with Gasteiger partial charge in [-0.3, -0.25) is 0 Å². The molecule has 0 aromatic carbocycles. The molecule has 5 heteroatoms. The Labute approximate surface area is 98.4 Å². The molecule has 1 unspecified atom stereocenters. The second-order valence-corrected chi connectivity index (χ2v) is 6.97. The lowest BCUT2D eigenvalue weighted by Gasteiger charge is -2.29. The van der Waals surface area contributed by atoms with E-state index in [0.29, 0.717) is 6.54 Å². The number of rotatable bonds is 4. The maximum atomic E-state index is 12.4. The minimum atomic E-state index is -3.04. The van der Waals surface area contributed by atoms with Crippen LogP contribution in [0.15, 0.2) is 0 Å². The van der Waals surface area contributed by atoms with Crippen molar-refractivity contribution in [3.05, 3.63) is 0 Å². The van der Waals surface area contributed by atoms with Crippen molar-refractivity contribution < 1.29 is 8.42 Å². The second-order valence-electron chi connectivity index (χ2n) is 4.80. The van der Waals surface area contributed by atoms with Crippen LogP contribution in [-0.2, 0) is 10.0 Å². The summed E-state index contributed by atoms with van der Waals surface area (Å²) in [5.74, 6) is 0. The van der Waals surface area contributed by atoms with Crippen LogP contribution in [0.3, 0.4) is 0 Å². The molecule has 0 aromatic rings. The van der Waals surface area contributed by atoms with Gasteiger partial charge >= 0.3 is 0 Å². The fourth-order valence-corrected chi connectivity index (χ4v) is 5.18. The fraction of sp³-hybridized carbons (Fsp3) is 1.00. The second kappa shape index (κ2) is 5.02. The molecule has 2 fully saturated rings. The molecule has 1 saturated heterocycles. The first-order valence-electron chi connectivity index (χ1n) is 6.37. The van der Waals surface area contributed by atoms with E-state index in [9.17, 15) is 8.42 Å². The summed E-state index contributed by atoms with van der Waals surface area (Å²) in [5, 5.41) is 3.14. The lowest BCUT2D eigenvalue weighted by Crippen LogP contribution is -2.45. The monoisotopic (exact) mass is 246 g/mol. The molecular formula is C11H22N2O2S. The predicted octanol–water partition coefficient (Wildman–Crippen LogP) is 0.943. The quantitative estimate of drug-likeness (QED) is 0.803. The zero-order valence-corrected chi connectivity index (χ0v) is 10.8. The van der Waals surface area contributed by atoms with E-state index in [0.717, 1.165) is 45.2 Å². The highest BCUT2D eigenvalue weighted by Crippen LogP contribution is 2.28. The van der Waals surface area contributed by atoms with Gasteiger partial charge in [-0.1, -0.05) is 19.8 Å². The van der Waals surface area contributed by atoms with Gasteiger partial charge in [0.05, 0.1) is 5.25 Å². The average molecular weight is 246 g/mol. The van der Waals surface area contributed by atoms with Crippen LogP contribution in [0.1, 0.15) is 39.0 Å². The smallest absolute Gasteiger partial charge is 0.217 e. The third kappa shape index (κ3) is 2.26. The number of nitrogens with one attached hydrogen (secondary N) is 1. The maximum Gasteiger partial charge on any atom is 0.217 e. The zero-order valence-electron chi connectivity index (χ0n) is 9.98. The minimum absolute atomic E-state index is 0.104. The summed E-state index contributed by atoms with van der Waals surface area (Å²) in [4.78, 5) is 0. The van der Waals surface area contributed by atoms with Gasteiger partial charge in [0.2, 0.25) is 10.0 Å². The molecule has 1 aliphatic carbocycles. The first-order chi connectivity index (χ1) is 7.66. The Hall–Kier alpha value is -0.130. The van der Waals surface area contributed by atoms with Crippen LogP contribution < -0.4 is 5.32 Å². The van der Waals surface area contributed by atoms with Gasteiger partial charge < -0.3 is 5.32 Å². The number of hydrogen-bond donors (Lipinski definition) is 1. The molecule has 1 saturated carbocycles. The Balaban J connectivity index is 2.12. The molecule has 1 aliphatic heterocycles. The van der Waals surface area contributed by atoms with Crippen molar-refractivity contribution in [3.8, 4) is 0 Å². The SMILES string of the molecule is CCN(C1CCNC1)S(=O)(=O)C1CCCC1. The first-order valence-corrected chi connectivity index (χ1v) is 7.88. The van der Waals surface area contributed by atoms with Gasteiger partial charge in [-0.05, 0) is 25.8 Å². The van der Waals surface area contributed by atoms with Crippen molar-refractivity contribution in [2.75, 3.05) is 19.6 Å². The van der Waals surface area contributed by atoms with Crippen LogP contribution >= 0.6 is 0 Å². The van der Waals surface area contributed by atoms with Crippen molar-refractivity contribution in [1.82, 2.24) is 9.62 Å². The first kappa shape index (κ1) is 12.3. The minimum Gasteiger partial charge on any atom is -0.315 e. The molecule has 0 bridgehead atoms. The van der Waals surface area contributed by atoms with Crippen LogP contribution in [0.25, 0.3) is 0 Å². The lowest BCUT2D eigenvalue weighted by atomic mass is 10.3. The molecule has 94 valence electrons. The molecule has 1 atom stereocenters. The van der Waals surface area contributed by atoms with Gasteiger partial charge in [-0.25, -0.2) is 8.42 Å². The lowest BCUT2D eigenvalue weighted by molar-refractivity contribution is 0.343. The zero-order chi connectivity index (χ0) is 11.6. The molecular weight excluding hydrogens is 224 g/mol. The van der Waals surface area contributed by atoms with Crippen molar-refractivity contribution >= 4 is 10.0 Å². The van der Waals surface area contributed by atoms with Crippen LogP contribution in [0.5, 0.6) is 0 Å². The molecule has 0 spiro atoms. The highest BCUT2D eigenvalue weighted by atomic mass is 32.2. The van der Waals surface area contributed by atoms with E-state index >= 15 is 0 Å². The largest absolute Gasteiger partial charge is 0.315 e. The molecule has 16 heavy (non-hydrogen) atoms. The Kier molecular flexibility index (Phi) is 3.87. The van der Waals surface area contributed by atoms with Crippen LogP contribution in [0, 0.1) is 0 Å². The molecule has 1 N–H and O–H groups in total. The Morgan fingerprint density at radius 2 is 1.94 bits per heavy atom. The van der Waals surface area contributed by atoms with Crippen LogP contribution in [0.4, 0.5) is 0 Å². The summed E-state index contributed by atoms with van der Waals surface area (Å²) in [6, 6.07) is 0.190. The van der Waals surface area contributed by atoms with Gasteiger partial charge in [-0.2, -0.15) is 4.31 Å². The summed E-state index contributed by atoms with van der Waals surface area (Å²) < 4.78 is 26.6. The van der Waals surface area contributed by atoms with Crippen molar-refractivity contribution in [1.29, 1.82) is 0 Å². The Bertz CT molecular complexity index is 317. The van der Waals surface area contributed by atoms with Gasteiger partial charge in [0, 0.05) is 19.1 Å². The van der Waals surface area contributed by atoms with E-state index in [1.807, 2.05) is 6.92 Å². The van der Waals surface area contributed by atoms with Crippen molar-refractivity contribution in [3.63, 3.8) is 0 Å². The van der Waals surface area contributed by atoms with E-state index in [1.54, 1.807) is 4.31 Å². The normalized spacial score (nSPS) is 28.0. The molecule has 4 nitrogen and oxygen atoms in total. The third-order valence-corrected chi connectivity index (χ3v) is 6.33. The van der Waals surface area contributed by atoms with Crippen LogP contribution in [-0.4, -0.2) is 43.6 Å². The van der Waals surface area contributed by atoms with E-state index < -0.39 is 10.0 Å². The highest BCUT2D eigenvalue weighted by molar-refractivity contribution is 7.89. The van der Waals surface area contributed by atoms with Gasteiger partial charge in [0.25, 0.3) is 0 Å². The Morgan fingerprint density at radius 1 is 1.25 bits per heavy atom. The van der Waals surface area contributed by atoms with Gasteiger partial charge in [0.1, 0.15) is 0 Å². The third-order valence-electron chi connectivity index (χ3n) is 3.80. The molecule has 2 rings (SSSR count). The Morgan fingerprint density at radius 3 is 2.44 bits per heavy atom. The number of hydrogen-bond acceptors (Lipinski definition) is 3.